The largest absolute Gasteiger partial charge is 0.101 e. The van der Waals surface area contributed by atoms with E-state index in [0.717, 1.165) is 5.57 Å². The Morgan fingerprint density at radius 2 is 1.79 bits per heavy atom. The predicted molar refractivity (Wildman–Crippen MR) is 67.2 cm³/mol. The average molecular weight is 188 g/mol. The molecular formula is C13H21B. The zero-order valence-corrected chi connectivity index (χ0v) is 9.77. The molecule has 0 aliphatic heterocycles. The van der Waals surface area contributed by atoms with Gasteiger partial charge in [-0.2, -0.15) is 0 Å². The van der Waals surface area contributed by atoms with Crippen LogP contribution in [0.25, 0.3) is 0 Å². The molecule has 0 N–H and O–H groups in total. The Hall–Kier alpha value is -0.715. The Labute approximate surface area is 89.2 Å². The van der Waals surface area contributed by atoms with Crippen molar-refractivity contribution >= 4 is 7.85 Å². The maximum atomic E-state index is 4.16. The fraction of sp³-hybridized carbons (Fsp3) is 0.538. The summed E-state index contributed by atoms with van der Waals surface area (Å²) in [6.45, 7) is 16.9. The second-order valence-electron chi connectivity index (χ2n) is 4.69. The summed E-state index contributed by atoms with van der Waals surface area (Å²) in [7, 11) is 2.23. The summed E-state index contributed by atoms with van der Waals surface area (Å²) in [6, 6.07) is 0. The van der Waals surface area contributed by atoms with Crippen molar-refractivity contribution in [3.63, 3.8) is 0 Å². The lowest BCUT2D eigenvalue weighted by Crippen LogP contribution is -2.16. The van der Waals surface area contributed by atoms with Crippen molar-refractivity contribution in [2.75, 3.05) is 0 Å². The SMILES string of the molecule is BCCC1C(=C)C(=C)C(=C)C1C(C)C. The van der Waals surface area contributed by atoms with Crippen molar-refractivity contribution in [2.24, 2.45) is 17.8 Å². The van der Waals surface area contributed by atoms with E-state index in [1.165, 1.54) is 23.9 Å². The molecule has 1 heteroatoms. The Morgan fingerprint density at radius 3 is 2.21 bits per heavy atom. The third-order valence-corrected chi connectivity index (χ3v) is 3.38. The molecule has 0 nitrogen and oxygen atoms in total. The second kappa shape index (κ2) is 4.21. The molecule has 0 bridgehead atoms. The van der Waals surface area contributed by atoms with Crippen LogP contribution in [0, 0.1) is 17.8 Å². The van der Waals surface area contributed by atoms with Crippen LogP contribution >= 0.6 is 0 Å². The highest BCUT2D eigenvalue weighted by molar-refractivity contribution is 6.08. The molecule has 0 aromatic heterocycles. The van der Waals surface area contributed by atoms with E-state index in [-0.39, 0.29) is 0 Å². The summed E-state index contributed by atoms with van der Waals surface area (Å²) in [5, 5.41) is 0. The summed E-state index contributed by atoms with van der Waals surface area (Å²) in [5.41, 5.74) is 3.57. The smallest absolute Gasteiger partial charge is 0.0949 e. The Bertz CT molecular complexity index is 273. The molecule has 1 saturated carbocycles. The summed E-state index contributed by atoms with van der Waals surface area (Å²) in [4.78, 5) is 0. The molecule has 0 amide bonds. The van der Waals surface area contributed by atoms with E-state index in [2.05, 4.69) is 41.4 Å². The number of hydrogen-bond donors (Lipinski definition) is 0. The first-order valence-electron chi connectivity index (χ1n) is 5.57. The first kappa shape index (κ1) is 11.4. The van der Waals surface area contributed by atoms with Gasteiger partial charge in [0.1, 0.15) is 7.85 Å². The third kappa shape index (κ3) is 1.73. The topological polar surface area (TPSA) is 0 Å². The highest BCUT2D eigenvalue weighted by Gasteiger charge is 2.36. The van der Waals surface area contributed by atoms with Crippen LogP contribution in [-0.2, 0) is 0 Å². The van der Waals surface area contributed by atoms with Crippen LogP contribution in [0.5, 0.6) is 0 Å². The van der Waals surface area contributed by atoms with E-state index in [1.807, 2.05) is 0 Å². The summed E-state index contributed by atoms with van der Waals surface area (Å²) in [6.07, 6.45) is 2.44. The Morgan fingerprint density at radius 1 is 1.21 bits per heavy atom. The number of allylic oxidation sites excluding steroid dienone is 3. The Balaban J connectivity index is 2.95. The highest BCUT2D eigenvalue weighted by atomic mass is 14.4. The lowest BCUT2D eigenvalue weighted by molar-refractivity contribution is 0.357. The van der Waals surface area contributed by atoms with E-state index in [9.17, 15) is 0 Å². The molecule has 0 aromatic carbocycles. The van der Waals surface area contributed by atoms with Gasteiger partial charge in [-0.05, 0) is 34.5 Å². The van der Waals surface area contributed by atoms with Gasteiger partial charge in [-0.25, -0.2) is 0 Å². The van der Waals surface area contributed by atoms with Gasteiger partial charge in [0.2, 0.25) is 0 Å². The lowest BCUT2D eigenvalue weighted by Gasteiger charge is -2.23. The fourth-order valence-electron chi connectivity index (χ4n) is 2.62. The molecule has 0 saturated heterocycles. The first-order chi connectivity index (χ1) is 6.50. The van der Waals surface area contributed by atoms with Crippen molar-refractivity contribution in [3.05, 3.63) is 36.5 Å². The maximum Gasteiger partial charge on any atom is 0.101 e. The van der Waals surface area contributed by atoms with E-state index >= 15 is 0 Å². The molecule has 0 radical (unpaired) electrons. The quantitative estimate of drug-likeness (QED) is 0.597. The fourth-order valence-corrected chi connectivity index (χ4v) is 2.62. The van der Waals surface area contributed by atoms with Crippen LogP contribution in [0.4, 0.5) is 0 Å². The lowest BCUT2D eigenvalue weighted by atomic mass is 9.79. The normalized spacial score (nSPS) is 27.8. The first-order valence-corrected chi connectivity index (χ1v) is 5.57. The van der Waals surface area contributed by atoms with Crippen molar-refractivity contribution in [1.82, 2.24) is 0 Å². The van der Waals surface area contributed by atoms with Crippen molar-refractivity contribution in [2.45, 2.75) is 26.6 Å². The minimum absolute atomic E-state index is 0.579. The molecule has 2 unspecified atom stereocenters. The highest BCUT2D eigenvalue weighted by Crippen LogP contribution is 2.47. The van der Waals surface area contributed by atoms with Crippen LogP contribution in [0.1, 0.15) is 20.3 Å². The van der Waals surface area contributed by atoms with Gasteiger partial charge in [0, 0.05) is 0 Å². The van der Waals surface area contributed by atoms with Gasteiger partial charge in [-0.1, -0.05) is 46.3 Å². The van der Waals surface area contributed by atoms with Crippen LogP contribution < -0.4 is 0 Å². The number of hydrogen-bond acceptors (Lipinski definition) is 0. The van der Waals surface area contributed by atoms with E-state index in [0.29, 0.717) is 17.8 Å². The molecule has 1 rings (SSSR count). The van der Waals surface area contributed by atoms with Gasteiger partial charge < -0.3 is 0 Å². The second-order valence-corrected chi connectivity index (χ2v) is 4.69. The number of rotatable bonds is 3. The maximum absolute atomic E-state index is 4.16. The van der Waals surface area contributed by atoms with Gasteiger partial charge in [0.15, 0.2) is 0 Å². The summed E-state index contributed by atoms with van der Waals surface area (Å²) < 4.78 is 0. The zero-order chi connectivity index (χ0) is 10.9. The third-order valence-electron chi connectivity index (χ3n) is 3.38. The van der Waals surface area contributed by atoms with Crippen LogP contribution in [-0.4, -0.2) is 7.85 Å². The zero-order valence-electron chi connectivity index (χ0n) is 9.77. The minimum atomic E-state index is 0.579. The monoisotopic (exact) mass is 188 g/mol. The van der Waals surface area contributed by atoms with Crippen LogP contribution in [0.3, 0.4) is 0 Å². The van der Waals surface area contributed by atoms with E-state index < -0.39 is 0 Å². The molecular weight excluding hydrogens is 167 g/mol. The standard InChI is InChI=1S/C13H21B/c1-8(2)13-11(5)9(3)10(4)12(13)6-7-14/h8,12-13H,3-7,14H2,1-2H3. The van der Waals surface area contributed by atoms with Gasteiger partial charge in [0.05, 0.1) is 0 Å². The summed E-state index contributed by atoms with van der Waals surface area (Å²) in [5.74, 6) is 1.82. The minimum Gasteiger partial charge on any atom is -0.0949 e. The predicted octanol–water partition coefficient (Wildman–Crippen LogP) is 3.00. The Kier molecular flexibility index (Phi) is 3.41. The van der Waals surface area contributed by atoms with Crippen LogP contribution in [0.2, 0.25) is 6.32 Å². The van der Waals surface area contributed by atoms with Gasteiger partial charge in [-0.3, -0.25) is 0 Å². The average Bonchev–Trinajstić information content (AvgIpc) is 2.32. The molecule has 0 aromatic rings. The molecule has 1 fully saturated rings. The van der Waals surface area contributed by atoms with E-state index in [1.54, 1.807) is 0 Å². The molecule has 0 spiro atoms. The molecule has 1 aliphatic rings. The van der Waals surface area contributed by atoms with Gasteiger partial charge in [-0.15, -0.1) is 0 Å². The van der Waals surface area contributed by atoms with Crippen molar-refractivity contribution < 1.29 is 0 Å². The van der Waals surface area contributed by atoms with Crippen molar-refractivity contribution in [3.8, 4) is 0 Å². The molecule has 76 valence electrons. The van der Waals surface area contributed by atoms with Gasteiger partial charge >= 0.3 is 0 Å². The summed E-state index contributed by atoms with van der Waals surface area (Å²) >= 11 is 0. The molecule has 1 aliphatic carbocycles. The molecule has 2 atom stereocenters. The molecule has 0 heterocycles. The van der Waals surface area contributed by atoms with Gasteiger partial charge in [0.25, 0.3) is 0 Å². The molecule has 14 heavy (non-hydrogen) atoms. The van der Waals surface area contributed by atoms with Crippen LogP contribution in [0.15, 0.2) is 36.5 Å². The van der Waals surface area contributed by atoms with E-state index in [4.69, 9.17) is 0 Å². The van der Waals surface area contributed by atoms with Crippen molar-refractivity contribution in [1.29, 1.82) is 0 Å².